The van der Waals surface area contributed by atoms with E-state index in [2.05, 4.69) is 9.97 Å². The number of aryl methyl sites for hydroxylation is 1. The predicted molar refractivity (Wildman–Crippen MR) is 82.2 cm³/mol. The number of alkyl halides is 2. The van der Waals surface area contributed by atoms with Gasteiger partial charge >= 0.3 is 0 Å². The van der Waals surface area contributed by atoms with Gasteiger partial charge in [0.15, 0.2) is 0 Å². The van der Waals surface area contributed by atoms with Crippen LogP contribution in [-0.2, 0) is 0 Å². The van der Waals surface area contributed by atoms with Crippen molar-refractivity contribution in [3.63, 3.8) is 0 Å². The maximum atomic E-state index is 12.0. The third kappa shape index (κ3) is 7.43. The molecule has 1 aromatic rings. The van der Waals surface area contributed by atoms with Crippen molar-refractivity contribution in [2.75, 3.05) is 5.73 Å². The van der Waals surface area contributed by atoms with Crippen LogP contribution in [0.4, 0.5) is 14.7 Å². The molecule has 0 saturated heterocycles. The molecule has 0 aliphatic rings. The highest BCUT2D eigenvalue weighted by Gasteiger charge is 2.14. The van der Waals surface area contributed by atoms with Crippen LogP contribution in [0.3, 0.4) is 0 Å². The van der Waals surface area contributed by atoms with Crippen molar-refractivity contribution in [1.82, 2.24) is 9.97 Å². The number of aromatic nitrogens is 2. The van der Waals surface area contributed by atoms with Gasteiger partial charge in [0.25, 0.3) is 6.43 Å². The van der Waals surface area contributed by atoms with Crippen molar-refractivity contribution < 1.29 is 8.78 Å². The summed E-state index contributed by atoms with van der Waals surface area (Å²) in [7, 11) is 25.8. The van der Waals surface area contributed by atoms with E-state index in [1.54, 1.807) is 6.92 Å². The van der Waals surface area contributed by atoms with Crippen LogP contribution in [0.25, 0.3) is 0 Å². The van der Waals surface area contributed by atoms with Crippen LogP contribution >= 0.6 is 0 Å². The van der Waals surface area contributed by atoms with E-state index in [1.807, 2.05) is 0 Å². The fourth-order valence-corrected chi connectivity index (χ4v) is 0.985. The van der Waals surface area contributed by atoms with Crippen LogP contribution < -0.4 is 5.73 Å². The minimum Gasteiger partial charge on any atom is -0.368 e. The Morgan fingerprint density at radius 3 is 1.84 bits per heavy atom. The van der Waals surface area contributed by atoms with Gasteiger partial charge in [-0.05, 0) is 13.0 Å². The van der Waals surface area contributed by atoms with Gasteiger partial charge in [-0.3, -0.25) is 0 Å². The van der Waals surface area contributed by atoms with Gasteiger partial charge < -0.3 is 5.73 Å². The zero-order chi connectivity index (χ0) is 15.2. The lowest BCUT2D eigenvalue weighted by atomic mass is 8.68. The van der Waals surface area contributed by atoms with Gasteiger partial charge in [0, 0.05) is 63.5 Å². The van der Waals surface area contributed by atoms with Crippen LogP contribution in [0.5, 0.6) is 0 Å². The SMILES string of the molecule is Cc1cc(C(F)F)nc(N)n1.[B]B([B])B([B])B([B])[B]. The van der Waals surface area contributed by atoms with Crippen LogP contribution in [0.15, 0.2) is 6.07 Å². The minimum atomic E-state index is -2.58. The second kappa shape index (κ2) is 8.43. The molecule has 84 valence electrons. The normalized spacial score (nSPS) is 9.47. The van der Waals surface area contributed by atoms with Crippen molar-refractivity contribution in [2.45, 2.75) is 13.3 Å². The predicted octanol–water partition coefficient (Wildman–Crippen LogP) is -1.74. The molecule has 0 unspecified atom stereocenters. The first-order valence-electron chi connectivity index (χ1n) is 5.32. The number of nitrogen functional groups attached to an aromatic ring is 1. The summed E-state index contributed by atoms with van der Waals surface area (Å²) in [6.07, 6.45) is -4.36. The van der Waals surface area contributed by atoms with Gasteiger partial charge in [0.1, 0.15) is 5.69 Å². The summed E-state index contributed by atoms with van der Waals surface area (Å²) < 4.78 is 24.0. The second-order valence-corrected chi connectivity index (χ2v) is 3.83. The number of hydrogen-bond donors (Lipinski definition) is 1. The van der Waals surface area contributed by atoms with Crippen molar-refractivity contribution in [3.05, 3.63) is 17.5 Å². The van der Waals surface area contributed by atoms with Crippen LogP contribution in [-0.4, -0.2) is 67.8 Å². The van der Waals surface area contributed by atoms with E-state index in [9.17, 15) is 8.78 Å². The Morgan fingerprint density at radius 1 is 1.11 bits per heavy atom. The molecule has 0 aliphatic carbocycles. The zero-order valence-corrected chi connectivity index (χ0v) is 10.5. The third-order valence-electron chi connectivity index (χ3n) is 2.00. The lowest BCUT2D eigenvalue weighted by Crippen LogP contribution is -2.52. The van der Waals surface area contributed by atoms with Crippen molar-refractivity contribution in [1.29, 1.82) is 0 Å². The van der Waals surface area contributed by atoms with Gasteiger partial charge in [-0.15, -0.1) is 0 Å². The first-order chi connectivity index (χ1) is 8.65. The first kappa shape index (κ1) is 18.3. The van der Waals surface area contributed by atoms with E-state index in [1.165, 1.54) is 6.07 Å². The standard InChI is InChI=1S/C6H7F2N3.B8/c1-3-2-4(5(7)8)11-6(9)10-3;1-6(2)8(5)7(3)4/h2,5H,1H3,(H2,9,10,11);. The maximum Gasteiger partial charge on any atom is 0.280 e. The molecule has 1 heterocycles. The van der Waals surface area contributed by atoms with Crippen molar-refractivity contribution in [3.8, 4) is 0 Å². The average molecular weight is 246 g/mol. The molecule has 0 fully saturated rings. The summed E-state index contributed by atoms with van der Waals surface area (Å²) >= 11 is 0. The van der Waals surface area contributed by atoms with E-state index >= 15 is 0 Å². The number of nitrogens with two attached hydrogens (primary N) is 1. The van der Waals surface area contributed by atoms with E-state index in [-0.39, 0.29) is 11.6 Å². The van der Waals surface area contributed by atoms with Gasteiger partial charge in [-0.2, -0.15) is 0 Å². The highest BCUT2D eigenvalue weighted by Crippen LogP contribution is 2.16. The van der Waals surface area contributed by atoms with Gasteiger partial charge in [0.05, 0.1) is 0 Å². The summed E-state index contributed by atoms with van der Waals surface area (Å²) in [5.41, 5.74) is 5.27. The molecule has 0 atom stereocenters. The monoisotopic (exact) mass is 247 g/mol. The fraction of sp³-hybridized carbons (Fsp3) is 0.333. The largest absolute Gasteiger partial charge is 0.368 e. The van der Waals surface area contributed by atoms with Gasteiger partial charge in [-0.25, -0.2) is 18.7 Å². The molecule has 0 spiro atoms. The summed E-state index contributed by atoms with van der Waals surface area (Å²) in [5, 5.41) is 0. The topological polar surface area (TPSA) is 51.8 Å². The third-order valence-corrected chi connectivity index (χ3v) is 2.00. The smallest absolute Gasteiger partial charge is 0.280 e. The van der Waals surface area contributed by atoms with Crippen LogP contribution in [0.2, 0.25) is 0 Å². The maximum absolute atomic E-state index is 12.0. The Kier molecular flexibility index (Phi) is 8.11. The number of halogens is 2. The molecule has 10 radical (unpaired) electrons. The Balaban J connectivity index is 0.000000362. The minimum absolute atomic E-state index is 0.111. The Labute approximate surface area is 119 Å². The molecule has 0 saturated carbocycles. The highest BCUT2D eigenvalue weighted by atomic mass is 19.3. The number of hydrogen-bond acceptors (Lipinski definition) is 3. The number of rotatable bonds is 3. The summed E-state index contributed by atoms with van der Waals surface area (Å²) in [5.74, 6) is -0.111. The molecule has 1 aromatic heterocycles. The van der Waals surface area contributed by atoms with Gasteiger partial charge in [0.2, 0.25) is 5.95 Å². The highest BCUT2D eigenvalue weighted by molar-refractivity contribution is 7.89. The lowest BCUT2D eigenvalue weighted by molar-refractivity contribution is 0.146. The summed E-state index contributed by atoms with van der Waals surface area (Å²) in [6.45, 7) is 1.59. The molecule has 3 nitrogen and oxygen atoms in total. The molecule has 0 amide bonds. The molecular formula is C6H7B8F2N3. The molecule has 2 N–H and O–H groups in total. The second-order valence-electron chi connectivity index (χ2n) is 3.83. The van der Waals surface area contributed by atoms with E-state index in [0.29, 0.717) is 5.69 Å². The number of nitrogens with zero attached hydrogens (tertiary/aromatic N) is 2. The van der Waals surface area contributed by atoms with E-state index in [4.69, 9.17) is 44.4 Å². The molecule has 1 rings (SSSR count). The van der Waals surface area contributed by atoms with Crippen LogP contribution in [0.1, 0.15) is 17.8 Å². The Bertz CT molecular complexity index is 364. The average Bonchev–Trinajstić information content (AvgIpc) is 2.27. The molecule has 0 bridgehead atoms. The van der Waals surface area contributed by atoms with Crippen molar-refractivity contribution in [2.24, 2.45) is 0 Å². The molecule has 13 heteroatoms. The summed E-state index contributed by atoms with van der Waals surface area (Å²) in [6, 6.07) is 1.21. The van der Waals surface area contributed by atoms with E-state index < -0.39 is 25.6 Å². The van der Waals surface area contributed by atoms with Gasteiger partial charge in [-0.1, -0.05) is 0 Å². The molecular weight excluding hydrogens is 239 g/mol. The van der Waals surface area contributed by atoms with Crippen molar-refractivity contribution >= 4 is 63.8 Å². The Hall–Kier alpha value is -0.741. The quantitative estimate of drug-likeness (QED) is 0.644. The van der Waals surface area contributed by atoms with E-state index in [0.717, 1.165) is 0 Å². The molecule has 19 heavy (non-hydrogen) atoms. The zero-order valence-electron chi connectivity index (χ0n) is 10.5. The first-order valence-corrected chi connectivity index (χ1v) is 5.32. The summed E-state index contributed by atoms with van der Waals surface area (Å²) in [4.78, 5) is 7.00. The Morgan fingerprint density at radius 2 is 1.58 bits per heavy atom. The molecule has 0 aliphatic heterocycles. The van der Waals surface area contributed by atoms with Crippen LogP contribution in [0, 0.1) is 6.92 Å². The fourth-order valence-electron chi connectivity index (χ4n) is 0.985. The molecule has 0 aromatic carbocycles. The lowest BCUT2D eigenvalue weighted by Gasteiger charge is -2.13. The number of anilines is 1.